The monoisotopic (exact) mass is 225 g/mol. The zero-order chi connectivity index (χ0) is 11.5. The average Bonchev–Trinajstić information content (AvgIpc) is 2.40. The molecule has 0 radical (unpaired) electrons. The van der Waals surface area contributed by atoms with Crippen molar-refractivity contribution in [2.45, 2.75) is 25.3 Å². The van der Waals surface area contributed by atoms with Crippen LogP contribution in [0, 0.1) is 0 Å². The van der Waals surface area contributed by atoms with Crippen molar-refractivity contribution in [3.8, 4) is 0 Å². The lowest BCUT2D eigenvalue weighted by Crippen LogP contribution is -2.21. The van der Waals surface area contributed by atoms with Crippen LogP contribution >= 0.6 is 0 Å². The summed E-state index contributed by atoms with van der Waals surface area (Å²) < 4.78 is 0. The fourth-order valence-electron chi connectivity index (χ4n) is 2.15. The van der Waals surface area contributed by atoms with E-state index in [4.69, 9.17) is 0 Å². The molecule has 0 aliphatic heterocycles. The highest BCUT2D eigenvalue weighted by molar-refractivity contribution is 5.78. The molecule has 3 nitrogen and oxygen atoms in total. The quantitative estimate of drug-likeness (QED) is 0.798. The van der Waals surface area contributed by atoms with Crippen molar-refractivity contribution in [1.82, 2.24) is 9.97 Å². The van der Waals surface area contributed by atoms with Crippen molar-refractivity contribution >= 4 is 16.9 Å². The van der Waals surface area contributed by atoms with Gasteiger partial charge >= 0.3 is 0 Å². The molecular weight excluding hydrogens is 210 g/mol. The van der Waals surface area contributed by atoms with E-state index in [2.05, 4.69) is 27.4 Å². The fourth-order valence-corrected chi connectivity index (χ4v) is 2.15. The van der Waals surface area contributed by atoms with Gasteiger partial charge in [0, 0.05) is 17.6 Å². The minimum absolute atomic E-state index is 0.473. The number of benzene rings is 1. The van der Waals surface area contributed by atoms with Gasteiger partial charge in [0.25, 0.3) is 0 Å². The summed E-state index contributed by atoms with van der Waals surface area (Å²) in [5.74, 6) is 0.740. The Kier molecular flexibility index (Phi) is 2.74. The molecule has 3 heteroatoms. The van der Waals surface area contributed by atoms with Crippen LogP contribution in [0.4, 0.5) is 5.95 Å². The van der Waals surface area contributed by atoms with Crippen LogP contribution in [0.5, 0.6) is 0 Å². The SMILES string of the molecule is C1=CCC(Nc2ncc3ccccc3n2)CC1. The van der Waals surface area contributed by atoms with Crippen LogP contribution in [0.3, 0.4) is 0 Å². The maximum absolute atomic E-state index is 4.52. The molecule has 0 saturated heterocycles. The average molecular weight is 225 g/mol. The number of anilines is 1. The first kappa shape index (κ1) is 10.3. The van der Waals surface area contributed by atoms with E-state index in [1.165, 1.54) is 0 Å². The highest BCUT2D eigenvalue weighted by atomic mass is 15.1. The third-order valence-electron chi connectivity index (χ3n) is 3.09. The van der Waals surface area contributed by atoms with Crippen LogP contribution in [-0.4, -0.2) is 16.0 Å². The highest BCUT2D eigenvalue weighted by Gasteiger charge is 2.10. The zero-order valence-electron chi connectivity index (χ0n) is 9.63. The minimum Gasteiger partial charge on any atom is -0.351 e. The zero-order valence-corrected chi connectivity index (χ0v) is 9.63. The molecule has 17 heavy (non-hydrogen) atoms. The smallest absolute Gasteiger partial charge is 0.223 e. The van der Waals surface area contributed by atoms with Gasteiger partial charge in [-0.25, -0.2) is 9.97 Å². The lowest BCUT2D eigenvalue weighted by molar-refractivity contribution is 0.639. The summed E-state index contributed by atoms with van der Waals surface area (Å²) in [6.45, 7) is 0. The second-order valence-electron chi connectivity index (χ2n) is 4.38. The van der Waals surface area contributed by atoms with Gasteiger partial charge in [0.05, 0.1) is 5.52 Å². The number of nitrogens with one attached hydrogen (secondary N) is 1. The number of hydrogen-bond donors (Lipinski definition) is 1. The molecule has 1 atom stereocenters. The summed E-state index contributed by atoms with van der Waals surface area (Å²) in [5, 5.41) is 4.48. The summed E-state index contributed by atoms with van der Waals surface area (Å²) in [6, 6.07) is 8.53. The Balaban J connectivity index is 1.83. The first-order chi connectivity index (χ1) is 8.42. The Morgan fingerprint density at radius 2 is 2.12 bits per heavy atom. The summed E-state index contributed by atoms with van der Waals surface area (Å²) >= 11 is 0. The number of para-hydroxylation sites is 1. The standard InChI is InChI=1S/C14H15N3/c1-2-7-12(8-3-1)16-14-15-10-11-6-4-5-9-13(11)17-14/h1-2,4-6,9-10,12H,3,7-8H2,(H,15,16,17). The predicted octanol–water partition coefficient (Wildman–Crippen LogP) is 3.15. The minimum atomic E-state index is 0.473. The van der Waals surface area contributed by atoms with Gasteiger partial charge in [-0.2, -0.15) is 0 Å². The van der Waals surface area contributed by atoms with Crippen LogP contribution in [0.1, 0.15) is 19.3 Å². The number of rotatable bonds is 2. The van der Waals surface area contributed by atoms with E-state index >= 15 is 0 Å². The largest absolute Gasteiger partial charge is 0.351 e. The Labute approximate surface area is 101 Å². The van der Waals surface area contributed by atoms with E-state index in [0.717, 1.165) is 36.1 Å². The van der Waals surface area contributed by atoms with E-state index in [0.29, 0.717) is 6.04 Å². The van der Waals surface area contributed by atoms with Crippen LogP contribution < -0.4 is 5.32 Å². The third kappa shape index (κ3) is 2.28. The molecule has 0 spiro atoms. The molecule has 1 unspecified atom stereocenters. The Morgan fingerprint density at radius 1 is 1.18 bits per heavy atom. The normalized spacial score (nSPS) is 19.4. The van der Waals surface area contributed by atoms with Gasteiger partial charge in [0.15, 0.2) is 0 Å². The van der Waals surface area contributed by atoms with Gasteiger partial charge in [-0.15, -0.1) is 0 Å². The van der Waals surface area contributed by atoms with Crippen molar-refractivity contribution in [2.75, 3.05) is 5.32 Å². The first-order valence-corrected chi connectivity index (χ1v) is 6.05. The van der Waals surface area contributed by atoms with Crippen molar-refractivity contribution in [1.29, 1.82) is 0 Å². The second-order valence-corrected chi connectivity index (χ2v) is 4.38. The molecule has 0 bridgehead atoms. The highest BCUT2D eigenvalue weighted by Crippen LogP contribution is 2.16. The molecule has 1 heterocycles. The maximum Gasteiger partial charge on any atom is 0.223 e. The van der Waals surface area contributed by atoms with Gasteiger partial charge in [0.2, 0.25) is 5.95 Å². The van der Waals surface area contributed by atoms with Gasteiger partial charge < -0.3 is 5.32 Å². The molecule has 0 fully saturated rings. The van der Waals surface area contributed by atoms with E-state index in [1.807, 2.05) is 30.5 Å². The Bertz CT molecular complexity index is 548. The number of nitrogens with zero attached hydrogens (tertiary/aromatic N) is 2. The van der Waals surface area contributed by atoms with Gasteiger partial charge in [-0.05, 0) is 25.3 Å². The molecule has 1 aliphatic rings. The number of allylic oxidation sites excluding steroid dienone is 1. The molecule has 1 aromatic carbocycles. The van der Waals surface area contributed by atoms with Gasteiger partial charge in [-0.3, -0.25) is 0 Å². The van der Waals surface area contributed by atoms with E-state index in [9.17, 15) is 0 Å². The molecule has 0 amide bonds. The van der Waals surface area contributed by atoms with Crippen LogP contribution in [0.2, 0.25) is 0 Å². The topological polar surface area (TPSA) is 37.8 Å². The van der Waals surface area contributed by atoms with E-state index in [1.54, 1.807) is 0 Å². The van der Waals surface area contributed by atoms with E-state index < -0.39 is 0 Å². The van der Waals surface area contributed by atoms with Crippen LogP contribution in [-0.2, 0) is 0 Å². The van der Waals surface area contributed by atoms with Crippen molar-refractivity contribution < 1.29 is 0 Å². The Hall–Kier alpha value is -1.90. The Morgan fingerprint density at radius 3 is 3.00 bits per heavy atom. The molecule has 3 rings (SSSR count). The van der Waals surface area contributed by atoms with Crippen LogP contribution in [0.15, 0.2) is 42.6 Å². The van der Waals surface area contributed by atoms with Crippen molar-refractivity contribution in [3.05, 3.63) is 42.6 Å². The summed E-state index contributed by atoms with van der Waals surface area (Å²) in [6.07, 6.45) is 9.71. The molecule has 1 aliphatic carbocycles. The predicted molar refractivity (Wildman–Crippen MR) is 69.9 cm³/mol. The molecule has 2 aromatic rings. The third-order valence-corrected chi connectivity index (χ3v) is 3.09. The number of hydrogen-bond acceptors (Lipinski definition) is 3. The lowest BCUT2D eigenvalue weighted by atomic mass is 10.0. The number of fused-ring (bicyclic) bond motifs is 1. The molecule has 1 N–H and O–H groups in total. The van der Waals surface area contributed by atoms with Gasteiger partial charge in [0.1, 0.15) is 0 Å². The second kappa shape index (κ2) is 4.53. The maximum atomic E-state index is 4.52. The van der Waals surface area contributed by atoms with Crippen LogP contribution in [0.25, 0.3) is 10.9 Å². The first-order valence-electron chi connectivity index (χ1n) is 6.05. The van der Waals surface area contributed by atoms with Gasteiger partial charge in [-0.1, -0.05) is 30.4 Å². The molecule has 86 valence electrons. The van der Waals surface area contributed by atoms with E-state index in [-0.39, 0.29) is 0 Å². The fraction of sp³-hybridized carbons (Fsp3) is 0.286. The lowest BCUT2D eigenvalue weighted by Gasteiger charge is -2.19. The van der Waals surface area contributed by atoms with Crippen molar-refractivity contribution in [2.24, 2.45) is 0 Å². The number of aromatic nitrogens is 2. The summed E-state index contributed by atoms with van der Waals surface area (Å²) in [7, 11) is 0. The molecule has 0 saturated carbocycles. The molecule has 1 aromatic heterocycles. The molecular formula is C14H15N3. The summed E-state index contributed by atoms with van der Waals surface area (Å²) in [4.78, 5) is 8.88. The van der Waals surface area contributed by atoms with Crippen molar-refractivity contribution in [3.63, 3.8) is 0 Å². The summed E-state index contributed by atoms with van der Waals surface area (Å²) in [5.41, 5.74) is 0.997.